The minimum Gasteiger partial charge on any atom is -0.467 e. The van der Waals surface area contributed by atoms with Crippen LogP contribution in [0, 0.1) is 13.8 Å². The van der Waals surface area contributed by atoms with Gasteiger partial charge in [-0.05, 0) is 68.4 Å². The number of carbonyl (C=O) groups is 2. The van der Waals surface area contributed by atoms with Crippen molar-refractivity contribution in [3.63, 3.8) is 0 Å². The van der Waals surface area contributed by atoms with Crippen LogP contribution in [0.2, 0.25) is 0 Å². The molecular formula is C25H24N4O3. The number of nitrogens with one attached hydrogen (secondary N) is 3. The fourth-order valence-electron chi connectivity index (χ4n) is 3.48. The van der Waals surface area contributed by atoms with Crippen molar-refractivity contribution < 1.29 is 14.0 Å². The van der Waals surface area contributed by atoms with Crippen LogP contribution in [-0.4, -0.2) is 16.5 Å². The van der Waals surface area contributed by atoms with E-state index in [1.54, 1.807) is 30.5 Å². The normalized spacial score (nSPS) is 10.6. The Morgan fingerprint density at radius 3 is 2.06 bits per heavy atom. The fourth-order valence-corrected chi connectivity index (χ4v) is 3.48. The van der Waals surface area contributed by atoms with Crippen molar-refractivity contribution in [3.05, 3.63) is 102 Å². The maximum atomic E-state index is 12.8. The van der Waals surface area contributed by atoms with Crippen LogP contribution >= 0.6 is 0 Å². The summed E-state index contributed by atoms with van der Waals surface area (Å²) >= 11 is 0. The average Bonchev–Trinajstić information content (AvgIpc) is 3.39. The van der Waals surface area contributed by atoms with E-state index in [2.05, 4.69) is 16.0 Å². The molecule has 0 atom stereocenters. The molecule has 2 aromatic heterocycles. The Hall–Kier alpha value is -4.26. The van der Waals surface area contributed by atoms with E-state index in [1.165, 1.54) is 0 Å². The number of benzene rings is 2. The van der Waals surface area contributed by atoms with E-state index in [0.717, 1.165) is 17.1 Å². The van der Waals surface area contributed by atoms with E-state index >= 15 is 0 Å². The highest BCUT2D eigenvalue weighted by Gasteiger charge is 2.16. The van der Waals surface area contributed by atoms with Gasteiger partial charge >= 0.3 is 6.03 Å². The molecule has 3 amide bonds. The highest BCUT2D eigenvalue weighted by molar-refractivity contribution is 6.05. The highest BCUT2D eigenvalue weighted by Crippen LogP contribution is 2.20. The van der Waals surface area contributed by atoms with Gasteiger partial charge in [0.2, 0.25) is 0 Å². The Labute approximate surface area is 186 Å². The first-order chi connectivity index (χ1) is 15.5. The summed E-state index contributed by atoms with van der Waals surface area (Å²) < 4.78 is 7.48. The van der Waals surface area contributed by atoms with Gasteiger partial charge in [-0.1, -0.05) is 18.2 Å². The summed E-state index contributed by atoms with van der Waals surface area (Å²) in [7, 11) is 0. The minimum absolute atomic E-state index is 0.189. The maximum absolute atomic E-state index is 12.8. The third-order valence-electron chi connectivity index (χ3n) is 5.14. The topological polar surface area (TPSA) is 88.3 Å². The van der Waals surface area contributed by atoms with Gasteiger partial charge < -0.3 is 24.9 Å². The summed E-state index contributed by atoms with van der Waals surface area (Å²) in [5.74, 6) is 0.643. The lowest BCUT2D eigenvalue weighted by Crippen LogP contribution is -2.19. The van der Waals surface area contributed by atoms with Crippen LogP contribution in [0.4, 0.5) is 21.9 Å². The van der Waals surface area contributed by atoms with Gasteiger partial charge in [0.25, 0.3) is 5.91 Å². The van der Waals surface area contributed by atoms with Gasteiger partial charge in [0, 0.05) is 28.5 Å². The van der Waals surface area contributed by atoms with Crippen molar-refractivity contribution in [3.8, 4) is 0 Å². The Morgan fingerprint density at radius 1 is 0.812 bits per heavy atom. The molecule has 4 aromatic rings. The molecule has 0 bridgehead atoms. The fraction of sp³-hybridized carbons (Fsp3) is 0.120. The molecule has 2 aromatic carbocycles. The zero-order chi connectivity index (χ0) is 22.5. The van der Waals surface area contributed by atoms with Crippen molar-refractivity contribution in [1.82, 2.24) is 4.57 Å². The summed E-state index contributed by atoms with van der Waals surface area (Å²) in [6, 6.07) is 21.5. The zero-order valence-corrected chi connectivity index (χ0v) is 17.9. The maximum Gasteiger partial charge on any atom is 0.323 e. The van der Waals surface area contributed by atoms with Crippen LogP contribution in [0.25, 0.3) is 0 Å². The molecule has 0 saturated heterocycles. The van der Waals surface area contributed by atoms with Crippen LogP contribution in [0.15, 0.2) is 83.5 Å². The number of aryl methyl sites for hydroxylation is 1. The predicted octanol–water partition coefficient (Wildman–Crippen LogP) is 5.64. The van der Waals surface area contributed by atoms with Crippen LogP contribution in [0.5, 0.6) is 0 Å². The number of anilines is 3. The third kappa shape index (κ3) is 4.89. The van der Waals surface area contributed by atoms with E-state index in [4.69, 9.17) is 4.42 Å². The second-order valence-electron chi connectivity index (χ2n) is 7.43. The second kappa shape index (κ2) is 9.26. The number of carbonyl (C=O) groups excluding carboxylic acids is 2. The lowest BCUT2D eigenvalue weighted by molar-refractivity contribution is 0.102. The van der Waals surface area contributed by atoms with Crippen LogP contribution < -0.4 is 16.0 Å². The lowest BCUT2D eigenvalue weighted by Gasteiger charge is -2.10. The summed E-state index contributed by atoms with van der Waals surface area (Å²) in [6.07, 6.45) is 1.64. The van der Waals surface area contributed by atoms with Crippen LogP contribution in [-0.2, 0) is 6.54 Å². The Kier molecular flexibility index (Phi) is 6.07. The van der Waals surface area contributed by atoms with Crippen LogP contribution in [0.3, 0.4) is 0 Å². The van der Waals surface area contributed by atoms with Crippen molar-refractivity contribution >= 4 is 29.0 Å². The number of urea groups is 1. The van der Waals surface area contributed by atoms with Gasteiger partial charge in [0.05, 0.1) is 18.4 Å². The number of nitrogens with zero attached hydrogens (tertiary/aromatic N) is 1. The first kappa shape index (κ1) is 21.0. The van der Waals surface area contributed by atoms with Crippen molar-refractivity contribution in [1.29, 1.82) is 0 Å². The standard InChI is InChI=1S/C25H24N4O3/c1-17-15-23(18(2)29(17)16-22-9-6-14-32-22)24(30)26-20-10-12-21(13-11-20)28-25(31)27-19-7-4-3-5-8-19/h3-15H,16H2,1-2H3,(H,26,30)(H2,27,28,31). The summed E-state index contributed by atoms with van der Waals surface area (Å²) in [6.45, 7) is 4.46. The molecule has 32 heavy (non-hydrogen) atoms. The summed E-state index contributed by atoms with van der Waals surface area (Å²) in [5.41, 5.74) is 4.42. The molecular weight excluding hydrogens is 404 g/mol. The second-order valence-corrected chi connectivity index (χ2v) is 7.43. The number of furan rings is 1. The van der Waals surface area contributed by atoms with E-state index in [9.17, 15) is 9.59 Å². The third-order valence-corrected chi connectivity index (χ3v) is 5.14. The molecule has 0 fully saturated rings. The van der Waals surface area contributed by atoms with E-state index in [0.29, 0.717) is 29.2 Å². The van der Waals surface area contributed by atoms with E-state index in [-0.39, 0.29) is 11.9 Å². The number of rotatable bonds is 6. The van der Waals surface area contributed by atoms with Gasteiger partial charge in [-0.2, -0.15) is 0 Å². The minimum atomic E-state index is -0.336. The molecule has 0 radical (unpaired) electrons. The SMILES string of the molecule is Cc1cc(C(=O)Nc2ccc(NC(=O)Nc3ccccc3)cc2)c(C)n1Cc1ccco1. The van der Waals surface area contributed by atoms with Gasteiger partial charge in [0.1, 0.15) is 5.76 Å². The molecule has 7 nitrogen and oxygen atoms in total. The number of para-hydroxylation sites is 1. The quantitative estimate of drug-likeness (QED) is 0.371. The molecule has 0 unspecified atom stereocenters. The predicted molar refractivity (Wildman–Crippen MR) is 125 cm³/mol. The number of aromatic nitrogens is 1. The molecule has 0 aliphatic carbocycles. The van der Waals surface area contributed by atoms with Gasteiger partial charge in [-0.3, -0.25) is 4.79 Å². The van der Waals surface area contributed by atoms with Crippen molar-refractivity contribution in [2.45, 2.75) is 20.4 Å². The lowest BCUT2D eigenvalue weighted by atomic mass is 10.2. The molecule has 3 N–H and O–H groups in total. The first-order valence-corrected chi connectivity index (χ1v) is 10.2. The smallest absolute Gasteiger partial charge is 0.323 e. The molecule has 0 aliphatic rings. The molecule has 0 saturated carbocycles. The molecule has 4 rings (SSSR count). The van der Waals surface area contributed by atoms with Gasteiger partial charge in [-0.15, -0.1) is 0 Å². The number of amides is 3. The highest BCUT2D eigenvalue weighted by atomic mass is 16.3. The van der Waals surface area contributed by atoms with Crippen molar-refractivity contribution in [2.24, 2.45) is 0 Å². The number of hydrogen-bond acceptors (Lipinski definition) is 3. The number of hydrogen-bond donors (Lipinski definition) is 3. The zero-order valence-electron chi connectivity index (χ0n) is 17.9. The van der Waals surface area contributed by atoms with E-state index < -0.39 is 0 Å². The Bertz CT molecular complexity index is 1210. The summed E-state index contributed by atoms with van der Waals surface area (Å²) in [4.78, 5) is 25.0. The molecule has 162 valence electrons. The van der Waals surface area contributed by atoms with E-state index in [1.807, 2.05) is 66.9 Å². The summed E-state index contributed by atoms with van der Waals surface area (Å²) in [5, 5.41) is 8.44. The first-order valence-electron chi connectivity index (χ1n) is 10.2. The molecule has 7 heteroatoms. The average molecular weight is 428 g/mol. The van der Waals surface area contributed by atoms with Gasteiger partial charge in [0.15, 0.2) is 0 Å². The largest absolute Gasteiger partial charge is 0.467 e. The Balaban J connectivity index is 1.38. The van der Waals surface area contributed by atoms with Crippen LogP contribution in [0.1, 0.15) is 27.5 Å². The van der Waals surface area contributed by atoms with Crippen molar-refractivity contribution in [2.75, 3.05) is 16.0 Å². The molecule has 0 spiro atoms. The molecule has 2 heterocycles. The monoisotopic (exact) mass is 428 g/mol. The Morgan fingerprint density at radius 2 is 1.44 bits per heavy atom. The van der Waals surface area contributed by atoms with Gasteiger partial charge in [-0.25, -0.2) is 4.79 Å². The molecule has 0 aliphatic heterocycles.